The molecule has 0 N–H and O–H groups in total. The van der Waals surface area contributed by atoms with Gasteiger partial charge in [-0.3, -0.25) is 0 Å². The maximum Gasteiger partial charge on any atom is 0.145 e. The number of nitrogens with zero attached hydrogens (tertiary/aromatic N) is 1. The van der Waals surface area contributed by atoms with Crippen molar-refractivity contribution >= 4 is 10.9 Å². The molecule has 0 saturated heterocycles. The van der Waals surface area contributed by atoms with Crippen LogP contribution in [0.1, 0.15) is 13.8 Å². The van der Waals surface area contributed by atoms with Gasteiger partial charge in [-0.05, 0) is 18.1 Å². The monoisotopic (exact) mass is 231 g/mol. The van der Waals surface area contributed by atoms with E-state index >= 15 is 0 Å². The third-order valence-corrected chi connectivity index (χ3v) is 2.45. The minimum absolute atomic E-state index is 0.510. The Balaban J connectivity index is 2.31. The number of rotatable bonds is 4. The van der Waals surface area contributed by atoms with E-state index in [2.05, 4.69) is 18.8 Å². The number of ether oxygens (including phenoxy) is 2. The second-order valence-electron chi connectivity index (χ2n) is 4.41. The molecule has 0 unspecified atom stereocenters. The van der Waals surface area contributed by atoms with Crippen LogP contribution in [0.15, 0.2) is 30.5 Å². The summed E-state index contributed by atoms with van der Waals surface area (Å²) in [5.41, 5.74) is 0.867. The van der Waals surface area contributed by atoms with Gasteiger partial charge >= 0.3 is 0 Å². The molecule has 90 valence electrons. The zero-order valence-electron chi connectivity index (χ0n) is 10.4. The minimum Gasteiger partial charge on any atom is -0.494 e. The van der Waals surface area contributed by atoms with Crippen molar-refractivity contribution in [3.05, 3.63) is 30.5 Å². The first kappa shape index (κ1) is 11.7. The van der Waals surface area contributed by atoms with Gasteiger partial charge in [0.05, 0.1) is 19.9 Å². The van der Waals surface area contributed by atoms with Crippen molar-refractivity contribution in [2.75, 3.05) is 13.7 Å². The van der Waals surface area contributed by atoms with Crippen molar-refractivity contribution < 1.29 is 9.47 Å². The van der Waals surface area contributed by atoms with Crippen LogP contribution in [0.2, 0.25) is 0 Å². The Labute approximate surface area is 101 Å². The summed E-state index contributed by atoms with van der Waals surface area (Å²) >= 11 is 0. The Morgan fingerprint density at radius 2 is 2.12 bits per heavy atom. The fourth-order valence-corrected chi connectivity index (χ4v) is 1.62. The first-order valence-corrected chi connectivity index (χ1v) is 5.76. The number of benzene rings is 1. The summed E-state index contributed by atoms with van der Waals surface area (Å²) in [4.78, 5) is 4.38. The summed E-state index contributed by atoms with van der Waals surface area (Å²) in [6.07, 6.45) is 1.74. The fourth-order valence-electron chi connectivity index (χ4n) is 1.62. The van der Waals surface area contributed by atoms with E-state index in [1.807, 2.05) is 24.3 Å². The highest BCUT2D eigenvalue weighted by atomic mass is 16.5. The number of fused-ring (bicyclic) bond motifs is 1. The van der Waals surface area contributed by atoms with Gasteiger partial charge in [0.1, 0.15) is 17.0 Å². The summed E-state index contributed by atoms with van der Waals surface area (Å²) in [5.74, 6) is 2.10. The second kappa shape index (κ2) is 5.04. The maximum atomic E-state index is 5.65. The molecule has 3 heteroatoms. The van der Waals surface area contributed by atoms with Crippen LogP contribution in [-0.4, -0.2) is 18.7 Å². The van der Waals surface area contributed by atoms with Gasteiger partial charge in [-0.25, -0.2) is 4.98 Å². The molecule has 0 spiro atoms. The molecule has 0 aliphatic rings. The third-order valence-electron chi connectivity index (χ3n) is 2.45. The molecule has 0 fully saturated rings. The molecule has 1 aromatic carbocycles. The van der Waals surface area contributed by atoms with Gasteiger partial charge in [0.25, 0.3) is 0 Å². The van der Waals surface area contributed by atoms with Gasteiger partial charge in [0.15, 0.2) is 0 Å². The van der Waals surface area contributed by atoms with Gasteiger partial charge < -0.3 is 9.47 Å². The summed E-state index contributed by atoms with van der Waals surface area (Å²) in [6, 6.07) is 7.86. The summed E-state index contributed by atoms with van der Waals surface area (Å²) in [7, 11) is 1.65. The van der Waals surface area contributed by atoms with Crippen LogP contribution >= 0.6 is 0 Å². The van der Waals surface area contributed by atoms with Crippen molar-refractivity contribution in [3.63, 3.8) is 0 Å². The molecule has 17 heavy (non-hydrogen) atoms. The number of methoxy groups -OCH3 is 1. The zero-order valence-corrected chi connectivity index (χ0v) is 10.4. The van der Waals surface area contributed by atoms with Crippen LogP contribution in [-0.2, 0) is 0 Å². The molecule has 2 aromatic rings. The average Bonchev–Trinajstić information content (AvgIpc) is 2.35. The Bertz CT molecular complexity index is 509. The van der Waals surface area contributed by atoms with E-state index in [1.54, 1.807) is 13.3 Å². The Morgan fingerprint density at radius 3 is 2.82 bits per heavy atom. The predicted molar refractivity (Wildman–Crippen MR) is 68.6 cm³/mol. The van der Waals surface area contributed by atoms with E-state index in [-0.39, 0.29) is 0 Å². The highest BCUT2D eigenvalue weighted by Crippen LogP contribution is 2.26. The molecule has 0 radical (unpaired) electrons. The topological polar surface area (TPSA) is 31.4 Å². The standard InChI is InChI=1S/C14H17NO2/c1-10(2)9-17-12-7-11-5-4-6-13(16-3)14(11)15-8-12/h4-8,10H,9H2,1-3H3. The molecule has 0 bridgehead atoms. The molecule has 3 nitrogen and oxygen atoms in total. The second-order valence-corrected chi connectivity index (χ2v) is 4.41. The molecular weight excluding hydrogens is 214 g/mol. The molecule has 0 amide bonds. The molecule has 2 rings (SSSR count). The molecular formula is C14H17NO2. The first-order valence-electron chi connectivity index (χ1n) is 5.76. The Hall–Kier alpha value is -1.77. The fraction of sp³-hybridized carbons (Fsp3) is 0.357. The zero-order chi connectivity index (χ0) is 12.3. The van der Waals surface area contributed by atoms with E-state index < -0.39 is 0 Å². The number of hydrogen-bond donors (Lipinski definition) is 0. The Kier molecular flexibility index (Phi) is 3.47. The number of pyridine rings is 1. The van der Waals surface area contributed by atoms with Crippen LogP contribution in [0.3, 0.4) is 0 Å². The van der Waals surface area contributed by atoms with Crippen LogP contribution in [0.25, 0.3) is 10.9 Å². The van der Waals surface area contributed by atoms with Gasteiger partial charge in [0, 0.05) is 5.39 Å². The van der Waals surface area contributed by atoms with E-state index in [9.17, 15) is 0 Å². The van der Waals surface area contributed by atoms with Crippen LogP contribution in [0.5, 0.6) is 11.5 Å². The highest BCUT2D eigenvalue weighted by molar-refractivity contribution is 5.85. The predicted octanol–water partition coefficient (Wildman–Crippen LogP) is 3.28. The molecule has 1 heterocycles. The number of aromatic nitrogens is 1. The molecule has 1 aromatic heterocycles. The smallest absolute Gasteiger partial charge is 0.145 e. The quantitative estimate of drug-likeness (QED) is 0.809. The van der Waals surface area contributed by atoms with E-state index in [4.69, 9.17) is 9.47 Å². The molecule has 0 atom stereocenters. The first-order chi connectivity index (χ1) is 8.20. The van der Waals surface area contributed by atoms with Crippen molar-refractivity contribution in [3.8, 4) is 11.5 Å². The largest absolute Gasteiger partial charge is 0.494 e. The van der Waals surface area contributed by atoms with Gasteiger partial charge in [-0.2, -0.15) is 0 Å². The lowest BCUT2D eigenvalue weighted by Gasteiger charge is -2.10. The van der Waals surface area contributed by atoms with Crippen molar-refractivity contribution in [2.24, 2.45) is 5.92 Å². The highest BCUT2D eigenvalue weighted by Gasteiger charge is 2.04. The number of hydrogen-bond acceptors (Lipinski definition) is 3. The molecule has 0 saturated carbocycles. The normalized spacial score (nSPS) is 10.8. The van der Waals surface area contributed by atoms with Gasteiger partial charge in [-0.15, -0.1) is 0 Å². The van der Waals surface area contributed by atoms with E-state index in [1.165, 1.54) is 0 Å². The van der Waals surface area contributed by atoms with Crippen molar-refractivity contribution in [1.82, 2.24) is 4.98 Å². The summed E-state index contributed by atoms with van der Waals surface area (Å²) < 4.78 is 10.9. The van der Waals surface area contributed by atoms with Crippen LogP contribution in [0, 0.1) is 5.92 Å². The summed E-state index contributed by atoms with van der Waals surface area (Å²) in [5, 5.41) is 1.03. The third kappa shape index (κ3) is 2.67. The molecule has 0 aliphatic heterocycles. The SMILES string of the molecule is COc1cccc2cc(OCC(C)C)cnc12. The molecule has 0 aliphatic carbocycles. The van der Waals surface area contributed by atoms with Gasteiger partial charge in [-0.1, -0.05) is 26.0 Å². The Morgan fingerprint density at radius 1 is 1.29 bits per heavy atom. The van der Waals surface area contributed by atoms with Crippen molar-refractivity contribution in [1.29, 1.82) is 0 Å². The average molecular weight is 231 g/mol. The minimum atomic E-state index is 0.510. The van der Waals surface area contributed by atoms with E-state index in [0.29, 0.717) is 12.5 Å². The van der Waals surface area contributed by atoms with Crippen LogP contribution in [0.4, 0.5) is 0 Å². The number of para-hydroxylation sites is 1. The maximum absolute atomic E-state index is 5.65. The lowest BCUT2D eigenvalue weighted by Crippen LogP contribution is -2.04. The van der Waals surface area contributed by atoms with E-state index in [0.717, 1.165) is 22.4 Å². The van der Waals surface area contributed by atoms with Crippen LogP contribution < -0.4 is 9.47 Å². The lowest BCUT2D eigenvalue weighted by atomic mass is 10.2. The summed E-state index contributed by atoms with van der Waals surface area (Å²) in [6.45, 7) is 4.95. The lowest BCUT2D eigenvalue weighted by molar-refractivity contribution is 0.270. The van der Waals surface area contributed by atoms with Crippen molar-refractivity contribution in [2.45, 2.75) is 13.8 Å². The van der Waals surface area contributed by atoms with Gasteiger partial charge in [0.2, 0.25) is 0 Å².